The quantitative estimate of drug-likeness (QED) is 0.746. The topological polar surface area (TPSA) is 9.23 Å². The van der Waals surface area contributed by atoms with Gasteiger partial charge in [0.1, 0.15) is 17.8 Å². The summed E-state index contributed by atoms with van der Waals surface area (Å²) in [6, 6.07) is 19.1. The maximum Gasteiger partial charge on any atom is 0.154 e. The largest absolute Gasteiger partial charge is 0.497 e. The third-order valence-electron chi connectivity index (χ3n) is 3.00. The molecule has 18 heavy (non-hydrogen) atoms. The van der Waals surface area contributed by atoms with Gasteiger partial charge in [0, 0.05) is 17.3 Å². The lowest BCUT2D eigenvalue weighted by Gasteiger charge is -2.04. The normalized spacial score (nSPS) is 12.1. The van der Waals surface area contributed by atoms with E-state index in [2.05, 4.69) is 48.7 Å². The fourth-order valence-corrected chi connectivity index (χ4v) is 3.23. The van der Waals surface area contributed by atoms with Crippen molar-refractivity contribution in [2.75, 3.05) is 19.1 Å². The van der Waals surface area contributed by atoms with E-state index in [0.29, 0.717) is 10.9 Å². The third-order valence-corrected chi connectivity index (χ3v) is 4.89. The molecule has 2 aromatic carbocycles. The van der Waals surface area contributed by atoms with Crippen LogP contribution in [0.4, 0.5) is 0 Å². The molecule has 0 aliphatic heterocycles. The van der Waals surface area contributed by atoms with Crippen molar-refractivity contribution < 1.29 is 4.74 Å². The molecule has 0 fully saturated rings. The minimum atomic E-state index is 0.328. The molecule has 1 unspecified atom stereocenters. The second-order valence-electron chi connectivity index (χ2n) is 4.25. The van der Waals surface area contributed by atoms with Crippen LogP contribution in [0.5, 0.6) is 5.75 Å². The average Bonchev–Trinajstić information content (AvgIpc) is 2.46. The summed E-state index contributed by atoms with van der Waals surface area (Å²) in [6.07, 6.45) is 3.44. The molecule has 0 aliphatic carbocycles. The molecular formula is C16H19OS+. The maximum absolute atomic E-state index is 5.17. The lowest BCUT2D eigenvalue weighted by molar-refractivity contribution is 0.414. The zero-order valence-electron chi connectivity index (χ0n) is 10.9. The summed E-state index contributed by atoms with van der Waals surface area (Å²) in [5.41, 5.74) is 1.38. The summed E-state index contributed by atoms with van der Waals surface area (Å²) in [5.74, 6) is 2.13. The molecule has 0 radical (unpaired) electrons. The molecule has 0 bridgehead atoms. The highest BCUT2D eigenvalue weighted by atomic mass is 32.2. The van der Waals surface area contributed by atoms with Crippen molar-refractivity contribution in [2.24, 2.45) is 0 Å². The second-order valence-corrected chi connectivity index (χ2v) is 6.41. The van der Waals surface area contributed by atoms with Crippen LogP contribution < -0.4 is 4.74 Å². The fourth-order valence-electron chi connectivity index (χ4n) is 1.83. The molecule has 1 nitrogen and oxygen atoms in total. The minimum absolute atomic E-state index is 0.328. The summed E-state index contributed by atoms with van der Waals surface area (Å²) in [6.45, 7) is 0. The number of rotatable bonds is 5. The van der Waals surface area contributed by atoms with Crippen molar-refractivity contribution in [2.45, 2.75) is 11.3 Å². The van der Waals surface area contributed by atoms with Gasteiger partial charge in [0.2, 0.25) is 0 Å². The fraction of sp³-hybridized carbons (Fsp3) is 0.250. The zero-order valence-corrected chi connectivity index (χ0v) is 11.7. The van der Waals surface area contributed by atoms with E-state index in [-0.39, 0.29) is 0 Å². The van der Waals surface area contributed by atoms with Crippen molar-refractivity contribution in [3.63, 3.8) is 0 Å². The van der Waals surface area contributed by atoms with Crippen LogP contribution in [-0.2, 0) is 17.3 Å². The van der Waals surface area contributed by atoms with Gasteiger partial charge in [0.05, 0.1) is 7.11 Å². The number of ether oxygens (including phenoxy) is 1. The van der Waals surface area contributed by atoms with Crippen molar-refractivity contribution in [3.05, 3.63) is 60.2 Å². The Morgan fingerprint density at radius 3 is 2.22 bits per heavy atom. The maximum atomic E-state index is 5.17. The van der Waals surface area contributed by atoms with Gasteiger partial charge in [-0.2, -0.15) is 0 Å². The van der Waals surface area contributed by atoms with E-state index in [4.69, 9.17) is 4.74 Å². The van der Waals surface area contributed by atoms with Gasteiger partial charge in [-0.1, -0.05) is 30.3 Å². The standard InChI is InChI=1S/C16H19OS/c1-17-15-10-8-14(9-11-15)12-13-18(2)16-6-4-3-5-7-16/h3-11H,12-13H2,1-2H3/q+1. The lowest BCUT2D eigenvalue weighted by Crippen LogP contribution is -2.07. The van der Waals surface area contributed by atoms with Crippen LogP contribution in [0.2, 0.25) is 0 Å². The lowest BCUT2D eigenvalue weighted by atomic mass is 10.2. The predicted octanol–water partition coefficient (Wildman–Crippen LogP) is 3.54. The first-order chi connectivity index (χ1) is 8.79. The Morgan fingerprint density at radius 1 is 0.944 bits per heavy atom. The number of benzene rings is 2. The first-order valence-electron chi connectivity index (χ1n) is 6.10. The molecule has 0 N–H and O–H groups in total. The Balaban J connectivity index is 1.91. The summed E-state index contributed by atoms with van der Waals surface area (Å²) in [5, 5.41) is 0. The Morgan fingerprint density at radius 2 is 1.61 bits per heavy atom. The van der Waals surface area contributed by atoms with E-state index in [1.54, 1.807) is 7.11 Å². The number of aryl methyl sites for hydroxylation is 1. The highest BCUT2D eigenvalue weighted by Crippen LogP contribution is 2.15. The SMILES string of the molecule is COc1ccc(CC[S+](C)c2ccccc2)cc1. The third kappa shape index (κ3) is 3.54. The van der Waals surface area contributed by atoms with Crippen LogP contribution in [0.1, 0.15) is 5.56 Å². The Kier molecular flexibility index (Phi) is 4.71. The van der Waals surface area contributed by atoms with E-state index >= 15 is 0 Å². The predicted molar refractivity (Wildman–Crippen MR) is 79.6 cm³/mol. The molecule has 0 heterocycles. The molecule has 0 aromatic heterocycles. The highest BCUT2D eigenvalue weighted by Gasteiger charge is 2.14. The van der Waals surface area contributed by atoms with Crippen LogP contribution in [0.3, 0.4) is 0 Å². The van der Waals surface area contributed by atoms with Gasteiger partial charge in [-0.15, -0.1) is 0 Å². The molecular weight excluding hydrogens is 240 g/mol. The summed E-state index contributed by atoms with van der Waals surface area (Å²) in [4.78, 5) is 1.45. The van der Waals surface area contributed by atoms with E-state index in [0.717, 1.165) is 12.2 Å². The van der Waals surface area contributed by atoms with Crippen molar-refractivity contribution in [3.8, 4) is 5.75 Å². The van der Waals surface area contributed by atoms with Gasteiger partial charge in [-0.05, 0) is 29.8 Å². The van der Waals surface area contributed by atoms with Gasteiger partial charge >= 0.3 is 0 Å². The van der Waals surface area contributed by atoms with Gasteiger partial charge in [0.25, 0.3) is 0 Å². The van der Waals surface area contributed by atoms with E-state index in [1.807, 2.05) is 12.1 Å². The molecule has 0 spiro atoms. The molecule has 0 saturated carbocycles. The first-order valence-corrected chi connectivity index (χ1v) is 7.90. The monoisotopic (exact) mass is 259 g/mol. The molecule has 2 heteroatoms. The van der Waals surface area contributed by atoms with Gasteiger partial charge in [-0.25, -0.2) is 0 Å². The average molecular weight is 259 g/mol. The smallest absolute Gasteiger partial charge is 0.154 e. The second kappa shape index (κ2) is 6.50. The Labute approximate surface area is 112 Å². The van der Waals surface area contributed by atoms with Crippen molar-refractivity contribution in [1.82, 2.24) is 0 Å². The Hall–Kier alpha value is -1.41. The van der Waals surface area contributed by atoms with Crippen molar-refractivity contribution >= 4 is 10.9 Å². The van der Waals surface area contributed by atoms with Gasteiger partial charge in [-0.3, -0.25) is 0 Å². The van der Waals surface area contributed by atoms with Gasteiger partial charge < -0.3 is 4.74 Å². The molecule has 0 saturated heterocycles. The van der Waals surface area contributed by atoms with Crippen molar-refractivity contribution in [1.29, 1.82) is 0 Å². The summed E-state index contributed by atoms with van der Waals surface area (Å²) < 4.78 is 5.17. The number of hydrogen-bond donors (Lipinski definition) is 0. The van der Waals surface area contributed by atoms with E-state index in [1.165, 1.54) is 16.2 Å². The van der Waals surface area contributed by atoms with E-state index < -0.39 is 0 Å². The molecule has 0 amide bonds. The summed E-state index contributed by atoms with van der Waals surface area (Å²) >= 11 is 0. The highest BCUT2D eigenvalue weighted by molar-refractivity contribution is 7.96. The number of methoxy groups -OCH3 is 1. The zero-order chi connectivity index (χ0) is 12.8. The molecule has 1 atom stereocenters. The molecule has 94 valence electrons. The first kappa shape index (κ1) is 13.0. The van der Waals surface area contributed by atoms with E-state index in [9.17, 15) is 0 Å². The molecule has 2 aromatic rings. The summed E-state index contributed by atoms with van der Waals surface area (Å²) in [7, 11) is 2.03. The van der Waals surface area contributed by atoms with Crippen LogP contribution in [0.15, 0.2) is 59.5 Å². The van der Waals surface area contributed by atoms with Crippen LogP contribution in [0, 0.1) is 0 Å². The number of hydrogen-bond acceptors (Lipinski definition) is 1. The minimum Gasteiger partial charge on any atom is -0.497 e. The Bertz CT molecular complexity index is 464. The van der Waals surface area contributed by atoms with Crippen LogP contribution >= 0.6 is 0 Å². The van der Waals surface area contributed by atoms with Crippen LogP contribution in [-0.4, -0.2) is 19.1 Å². The molecule has 2 rings (SSSR count). The van der Waals surface area contributed by atoms with Crippen LogP contribution in [0.25, 0.3) is 0 Å². The van der Waals surface area contributed by atoms with Gasteiger partial charge in [0.15, 0.2) is 4.90 Å². The molecule has 0 aliphatic rings.